The number of fused-ring (bicyclic) bond motifs is 4. The number of aliphatic hydroxyl groups is 1. The fraction of sp³-hybridized carbons (Fsp3) is 0.528. The van der Waals surface area contributed by atoms with Crippen molar-refractivity contribution in [3.05, 3.63) is 82.4 Å². The lowest BCUT2D eigenvalue weighted by atomic mass is 9.44. The number of epoxide rings is 2. The second kappa shape index (κ2) is 9.12. The molecule has 6 aliphatic rings. The second-order valence-corrected chi connectivity index (χ2v) is 14.2. The summed E-state index contributed by atoms with van der Waals surface area (Å²) in [6, 6.07) is 16.2. The average molecular weight is 599 g/mol. The van der Waals surface area contributed by atoms with Crippen LogP contribution in [-0.4, -0.2) is 64.6 Å². The fourth-order valence-electron chi connectivity index (χ4n) is 9.45. The largest absolute Gasteiger partial charge is 0.458 e. The topological polar surface area (TPSA) is 115 Å². The SMILES string of the molecule is CC(C(=O)OC1C2(C(C)C)OC2CC2(O)C3(C)CCC4=C(COC4=O)C3CC3OC312)c1cccc(C(=O)c2ccccc2)c1. The summed E-state index contributed by atoms with van der Waals surface area (Å²) in [7, 11) is 0. The van der Waals surface area contributed by atoms with Gasteiger partial charge in [-0.25, -0.2) is 4.79 Å². The first-order valence-electron chi connectivity index (χ1n) is 15.8. The molecule has 8 nitrogen and oxygen atoms in total. The Balaban J connectivity index is 1.12. The van der Waals surface area contributed by atoms with E-state index in [1.165, 1.54) is 0 Å². The van der Waals surface area contributed by atoms with Crippen LogP contribution in [-0.2, 0) is 28.5 Å². The number of hydrogen-bond acceptors (Lipinski definition) is 8. The molecule has 9 atom stereocenters. The van der Waals surface area contributed by atoms with Crippen LogP contribution in [0.15, 0.2) is 65.7 Å². The fourth-order valence-corrected chi connectivity index (χ4v) is 9.45. The van der Waals surface area contributed by atoms with Crippen molar-refractivity contribution in [2.45, 2.75) is 94.4 Å². The molecule has 0 radical (unpaired) electrons. The molecule has 0 bridgehead atoms. The maximum absolute atomic E-state index is 14.0. The van der Waals surface area contributed by atoms with Crippen LogP contribution in [0.25, 0.3) is 0 Å². The molecular weight excluding hydrogens is 560 g/mol. The van der Waals surface area contributed by atoms with Crippen molar-refractivity contribution in [1.82, 2.24) is 0 Å². The van der Waals surface area contributed by atoms with Gasteiger partial charge in [0.05, 0.1) is 18.1 Å². The Bertz CT molecular complexity index is 1630. The molecule has 0 amide bonds. The van der Waals surface area contributed by atoms with Gasteiger partial charge in [-0.1, -0.05) is 69.3 Å². The van der Waals surface area contributed by atoms with Gasteiger partial charge >= 0.3 is 11.9 Å². The van der Waals surface area contributed by atoms with E-state index in [4.69, 9.17) is 18.9 Å². The molecule has 44 heavy (non-hydrogen) atoms. The number of benzene rings is 2. The minimum absolute atomic E-state index is 0.0169. The van der Waals surface area contributed by atoms with Gasteiger partial charge in [-0.15, -0.1) is 0 Å². The number of carbonyl (C=O) groups is 3. The number of esters is 2. The predicted molar refractivity (Wildman–Crippen MR) is 158 cm³/mol. The number of cyclic esters (lactones) is 1. The van der Waals surface area contributed by atoms with E-state index in [1.807, 2.05) is 24.3 Å². The zero-order valence-electron chi connectivity index (χ0n) is 25.5. The highest BCUT2D eigenvalue weighted by atomic mass is 16.7. The summed E-state index contributed by atoms with van der Waals surface area (Å²) in [5.41, 5.74) is -0.286. The molecule has 2 saturated carbocycles. The molecule has 9 unspecified atom stereocenters. The number of carbonyl (C=O) groups excluding carboxylic acids is 3. The van der Waals surface area contributed by atoms with Gasteiger partial charge < -0.3 is 24.1 Å². The van der Waals surface area contributed by atoms with Crippen LogP contribution in [0.5, 0.6) is 0 Å². The molecule has 2 aromatic rings. The molecule has 3 aliphatic carbocycles. The highest BCUT2D eigenvalue weighted by Gasteiger charge is 2.91. The summed E-state index contributed by atoms with van der Waals surface area (Å²) >= 11 is 0. The summed E-state index contributed by atoms with van der Waals surface area (Å²) in [5.74, 6) is -1.52. The zero-order chi connectivity index (χ0) is 30.8. The van der Waals surface area contributed by atoms with Crippen molar-refractivity contribution in [3.63, 3.8) is 0 Å². The summed E-state index contributed by atoms with van der Waals surface area (Å²) in [5, 5.41) is 12.9. The standard InChI is InChI=1S/C36H38O8/c1-19(2)35-28(43-35)17-34(40)33(4)14-13-24-25(18-41-31(24)39)26(33)16-27-36(34,44-27)32(35)42-30(38)20(3)22-11-8-12-23(15-22)29(37)21-9-6-5-7-10-21/h5-12,15,19-20,26-28,32,40H,13-14,16-18H2,1-4H3. The Hall–Kier alpha value is -3.33. The van der Waals surface area contributed by atoms with Crippen LogP contribution in [0.1, 0.15) is 80.8 Å². The molecule has 3 heterocycles. The van der Waals surface area contributed by atoms with Crippen LogP contribution in [0.4, 0.5) is 0 Å². The van der Waals surface area contributed by atoms with Gasteiger partial charge in [-0.2, -0.15) is 0 Å². The minimum atomic E-state index is -1.33. The highest BCUT2D eigenvalue weighted by Crippen LogP contribution is 2.76. The summed E-state index contributed by atoms with van der Waals surface area (Å²) in [6.45, 7) is 8.28. The Morgan fingerprint density at radius 3 is 2.50 bits per heavy atom. The maximum Gasteiger partial charge on any atom is 0.334 e. The molecule has 1 spiro atoms. The van der Waals surface area contributed by atoms with Crippen LogP contribution < -0.4 is 0 Å². The smallest absolute Gasteiger partial charge is 0.334 e. The van der Waals surface area contributed by atoms with E-state index in [-0.39, 0.29) is 42.4 Å². The summed E-state index contributed by atoms with van der Waals surface area (Å²) in [4.78, 5) is 39.6. The van der Waals surface area contributed by atoms with Crippen molar-refractivity contribution >= 4 is 17.7 Å². The maximum atomic E-state index is 14.0. The van der Waals surface area contributed by atoms with Crippen molar-refractivity contribution in [2.24, 2.45) is 17.3 Å². The monoisotopic (exact) mass is 598 g/mol. The van der Waals surface area contributed by atoms with Gasteiger partial charge in [-0.05, 0) is 55.2 Å². The molecule has 2 saturated heterocycles. The third kappa shape index (κ3) is 3.42. The minimum Gasteiger partial charge on any atom is -0.458 e. The molecule has 230 valence electrons. The van der Waals surface area contributed by atoms with Crippen LogP contribution in [0, 0.1) is 17.3 Å². The van der Waals surface area contributed by atoms with Gasteiger partial charge in [0.25, 0.3) is 0 Å². The van der Waals surface area contributed by atoms with E-state index in [1.54, 1.807) is 37.3 Å². The first kappa shape index (κ1) is 28.2. The van der Waals surface area contributed by atoms with Gasteiger partial charge in [-0.3, -0.25) is 9.59 Å². The normalized spacial score (nSPS) is 40.1. The molecule has 1 N–H and O–H groups in total. The summed E-state index contributed by atoms with van der Waals surface area (Å²) < 4.78 is 24.9. The molecule has 8 rings (SSSR count). The van der Waals surface area contributed by atoms with Crippen molar-refractivity contribution in [2.75, 3.05) is 6.61 Å². The zero-order valence-corrected chi connectivity index (χ0v) is 25.5. The number of rotatable bonds is 6. The van der Waals surface area contributed by atoms with E-state index in [9.17, 15) is 19.5 Å². The van der Waals surface area contributed by atoms with Gasteiger partial charge in [0, 0.05) is 28.5 Å². The van der Waals surface area contributed by atoms with Gasteiger partial charge in [0.1, 0.15) is 17.8 Å². The Labute approximate surface area is 256 Å². The third-order valence-corrected chi connectivity index (χ3v) is 12.1. The van der Waals surface area contributed by atoms with E-state index in [0.29, 0.717) is 42.4 Å². The second-order valence-electron chi connectivity index (χ2n) is 14.2. The first-order chi connectivity index (χ1) is 21.0. The molecule has 4 fully saturated rings. The van der Waals surface area contributed by atoms with E-state index < -0.39 is 40.2 Å². The van der Waals surface area contributed by atoms with Gasteiger partial charge in [0.15, 0.2) is 17.5 Å². The molecule has 8 heteroatoms. The first-order valence-corrected chi connectivity index (χ1v) is 15.8. The third-order valence-electron chi connectivity index (χ3n) is 12.1. The summed E-state index contributed by atoms with van der Waals surface area (Å²) in [6.07, 6.45) is 0.747. The van der Waals surface area contributed by atoms with Crippen LogP contribution >= 0.6 is 0 Å². The lowest BCUT2D eigenvalue weighted by molar-refractivity contribution is -0.222. The highest BCUT2D eigenvalue weighted by molar-refractivity contribution is 6.09. The Morgan fingerprint density at radius 1 is 1.00 bits per heavy atom. The lowest BCUT2D eigenvalue weighted by Crippen LogP contribution is -2.74. The van der Waals surface area contributed by atoms with Crippen molar-refractivity contribution < 1.29 is 38.4 Å². The van der Waals surface area contributed by atoms with E-state index >= 15 is 0 Å². The number of ether oxygens (including phenoxy) is 4. The average Bonchev–Trinajstić information content (AvgIpc) is 3.91. The number of hydrogen-bond donors (Lipinski definition) is 1. The van der Waals surface area contributed by atoms with E-state index in [0.717, 1.165) is 11.1 Å². The van der Waals surface area contributed by atoms with Gasteiger partial charge in [0.2, 0.25) is 0 Å². The molecule has 2 aromatic carbocycles. The van der Waals surface area contributed by atoms with Crippen LogP contribution in [0.2, 0.25) is 0 Å². The number of ketones is 1. The van der Waals surface area contributed by atoms with E-state index in [2.05, 4.69) is 20.8 Å². The molecular formula is C36H38O8. The quantitative estimate of drug-likeness (QED) is 0.290. The molecule has 3 aliphatic heterocycles. The van der Waals surface area contributed by atoms with Crippen molar-refractivity contribution in [3.8, 4) is 0 Å². The Kier molecular flexibility index (Phi) is 5.84. The van der Waals surface area contributed by atoms with Crippen molar-refractivity contribution in [1.29, 1.82) is 0 Å². The Morgan fingerprint density at radius 2 is 1.75 bits per heavy atom. The predicted octanol–water partition coefficient (Wildman–Crippen LogP) is 4.67. The lowest BCUT2D eigenvalue weighted by Gasteiger charge is -2.60. The molecule has 0 aromatic heterocycles. The van der Waals surface area contributed by atoms with Crippen LogP contribution in [0.3, 0.4) is 0 Å².